The zero-order valence-corrected chi connectivity index (χ0v) is 16.4. The average Bonchev–Trinajstić information content (AvgIpc) is 2.94. The molecule has 2 aliphatic rings. The van der Waals surface area contributed by atoms with E-state index in [1.807, 2.05) is 0 Å². The van der Waals surface area contributed by atoms with E-state index in [1.54, 1.807) is 23.5 Å². The van der Waals surface area contributed by atoms with Gasteiger partial charge in [-0.3, -0.25) is 4.79 Å². The van der Waals surface area contributed by atoms with E-state index in [4.69, 9.17) is 4.74 Å². The number of amides is 1. The summed E-state index contributed by atoms with van der Waals surface area (Å²) < 4.78 is 5.99. The van der Waals surface area contributed by atoms with Crippen molar-refractivity contribution in [3.05, 3.63) is 38.2 Å². The number of anilines is 1. The lowest BCUT2D eigenvalue weighted by Crippen LogP contribution is -2.38. The summed E-state index contributed by atoms with van der Waals surface area (Å²) in [6.07, 6.45) is 2.61. The molecule has 3 N–H and O–H groups in total. The number of nitrogens with one attached hydrogen (secondary N) is 2. The van der Waals surface area contributed by atoms with E-state index in [2.05, 4.69) is 33.5 Å². The van der Waals surface area contributed by atoms with Crippen LogP contribution < -0.4 is 15.4 Å². The molecule has 1 aromatic heterocycles. The number of methoxy groups -OCH3 is 1. The summed E-state index contributed by atoms with van der Waals surface area (Å²) in [7, 11) is 1.50. The SMILES string of the molecule is COc1cc(Br)cc([C@H]2NC(=O)c3c(sc4c3CC[C@@H](C)C4)N2)c1O. The summed E-state index contributed by atoms with van der Waals surface area (Å²) in [5.41, 5.74) is 2.55. The zero-order valence-electron chi connectivity index (χ0n) is 14.0. The molecular formula is C18H19BrN2O3S. The van der Waals surface area contributed by atoms with Crippen molar-refractivity contribution in [1.82, 2.24) is 5.32 Å². The molecule has 2 heterocycles. The van der Waals surface area contributed by atoms with Gasteiger partial charge in [0.15, 0.2) is 11.5 Å². The van der Waals surface area contributed by atoms with Gasteiger partial charge in [-0.2, -0.15) is 0 Å². The third kappa shape index (κ3) is 2.79. The Labute approximate surface area is 158 Å². The third-order valence-corrected chi connectivity index (χ3v) is 6.53. The predicted octanol–water partition coefficient (Wildman–Crippen LogP) is 4.20. The second-order valence-corrected chi connectivity index (χ2v) is 8.67. The van der Waals surface area contributed by atoms with Crippen LogP contribution in [0, 0.1) is 5.92 Å². The Bertz CT molecular complexity index is 864. The second-order valence-electron chi connectivity index (χ2n) is 6.65. The topological polar surface area (TPSA) is 70.6 Å². The lowest BCUT2D eigenvalue weighted by Gasteiger charge is -2.28. The van der Waals surface area contributed by atoms with Crippen molar-refractivity contribution < 1.29 is 14.6 Å². The van der Waals surface area contributed by atoms with Gasteiger partial charge in [0.25, 0.3) is 5.91 Å². The van der Waals surface area contributed by atoms with Crippen LogP contribution in [0.5, 0.6) is 11.5 Å². The number of halogens is 1. The maximum Gasteiger partial charge on any atom is 0.256 e. The highest BCUT2D eigenvalue weighted by Gasteiger charge is 2.34. The molecule has 4 rings (SSSR count). The van der Waals surface area contributed by atoms with Gasteiger partial charge in [0.2, 0.25) is 0 Å². The van der Waals surface area contributed by atoms with Gasteiger partial charge in [-0.15, -0.1) is 11.3 Å². The van der Waals surface area contributed by atoms with Gasteiger partial charge in [0, 0.05) is 14.9 Å². The van der Waals surface area contributed by atoms with E-state index in [1.165, 1.54) is 17.6 Å². The minimum Gasteiger partial charge on any atom is -0.504 e. The largest absolute Gasteiger partial charge is 0.504 e. The van der Waals surface area contributed by atoms with E-state index < -0.39 is 6.17 Å². The Balaban J connectivity index is 1.73. The number of aromatic hydroxyl groups is 1. The fourth-order valence-corrected chi connectivity index (χ4v) is 5.48. The van der Waals surface area contributed by atoms with Gasteiger partial charge < -0.3 is 20.5 Å². The van der Waals surface area contributed by atoms with Gasteiger partial charge in [-0.1, -0.05) is 22.9 Å². The Morgan fingerprint density at radius 2 is 2.16 bits per heavy atom. The van der Waals surface area contributed by atoms with Crippen LogP contribution in [0.15, 0.2) is 16.6 Å². The standard InChI is InChI=1S/C18H19BrN2O3S/c1-8-3-4-10-13(5-8)25-18-14(10)17(23)20-16(21-18)11-6-9(19)7-12(24-2)15(11)22/h6-8,16,21-22H,3-5H2,1-2H3,(H,20,23)/t8-,16+/m1/s1. The highest BCUT2D eigenvalue weighted by molar-refractivity contribution is 9.10. The van der Waals surface area contributed by atoms with Crippen molar-refractivity contribution >= 4 is 38.2 Å². The molecule has 25 heavy (non-hydrogen) atoms. The maximum absolute atomic E-state index is 12.8. The minimum atomic E-state index is -0.496. The van der Waals surface area contributed by atoms with Crippen molar-refractivity contribution in [2.45, 2.75) is 32.4 Å². The Morgan fingerprint density at radius 1 is 1.36 bits per heavy atom. The van der Waals surface area contributed by atoms with Gasteiger partial charge >= 0.3 is 0 Å². The molecule has 1 aliphatic heterocycles. The van der Waals surface area contributed by atoms with Crippen LogP contribution >= 0.6 is 27.3 Å². The molecule has 0 bridgehead atoms. The van der Waals surface area contributed by atoms with Crippen molar-refractivity contribution in [2.24, 2.45) is 5.92 Å². The maximum atomic E-state index is 12.8. The summed E-state index contributed by atoms with van der Waals surface area (Å²) in [6.45, 7) is 2.25. The van der Waals surface area contributed by atoms with Crippen LogP contribution in [0.25, 0.3) is 0 Å². The fraction of sp³-hybridized carbons (Fsp3) is 0.389. The monoisotopic (exact) mass is 422 g/mol. The highest BCUT2D eigenvalue weighted by Crippen LogP contribution is 2.44. The number of phenolic OH excluding ortho intramolecular Hbond substituents is 1. The summed E-state index contributed by atoms with van der Waals surface area (Å²) in [5.74, 6) is 0.974. The van der Waals surface area contributed by atoms with Gasteiger partial charge in [0.05, 0.1) is 12.7 Å². The van der Waals surface area contributed by atoms with Crippen molar-refractivity contribution in [3.63, 3.8) is 0 Å². The average molecular weight is 423 g/mol. The number of hydrogen-bond donors (Lipinski definition) is 3. The predicted molar refractivity (Wildman–Crippen MR) is 102 cm³/mol. The molecule has 5 nitrogen and oxygen atoms in total. The number of carbonyl (C=O) groups excluding carboxylic acids is 1. The van der Waals surface area contributed by atoms with Crippen LogP contribution in [-0.4, -0.2) is 18.1 Å². The number of carbonyl (C=O) groups is 1. The van der Waals surface area contributed by atoms with Gasteiger partial charge in [-0.25, -0.2) is 0 Å². The number of thiophene rings is 1. The van der Waals surface area contributed by atoms with E-state index >= 15 is 0 Å². The molecule has 1 amide bonds. The normalized spacial score (nSPS) is 21.8. The smallest absolute Gasteiger partial charge is 0.256 e. The molecule has 0 spiro atoms. The molecule has 0 unspecified atom stereocenters. The molecule has 0 radical (unpaired) electrons. The number of rotatable bonds is 2. The summed E-state index contributed by atoms with van der Waals surface area (Å²) in [6, 6.07) is 3.48. The molecule has 0 saturated heterocycles. The van der Waals surface area contributed by atoms with Crippen LogP contribution in [0.1, 0.15) is 45.9 Å². The Hall–Kier alpha value is -1.73. The highest BCUT2D eigenvalue weighted by atomic mass is 79.9. The summed E-state index contributed by atoms with van der Waals surface area (Å²) in [4.78, 5) is 14.1. The van der Waals surface area contributed by atoms with Crippen molar-refractivity contribution in [1.29, 1.82) is 0 Å². The van der Waals surface area contributed by atoms with E-state index in [-0.39, 0.29) is 11.7 Å². The number of phenols is 1. The van der Waals surface area contributed by atoms with Gasteiger partial charge in [0.1, 0.15) is 11.2 Å². The zero-order chi connectivity index (χ0) is 17.7. The Kier molecular flexibility index (Phi) is 4.16. The number of benzene rings is 1. The first-order chi connectivity index (χ1) is 12.0. The number of fused-ring (bicyclic) bond motifs is 3. The van der Waals surface area contributed by atoms with Crippen LogP contribution in [-0.2, 0) is 12.8 Å². The van der Waals surface area contributed by atoms with E-state index in [0.717, 1.165) is 34.3 Å². The van der Waals surface area contributed by atoms with E-state index in [9.17, 15) is 9.90 Å². The minimum absolute atomic E-state index is 0.0295. The van der Waals surface area contributed by atoms with Crippen molar-refractivity contribution in [2.75, 3.05) is 12.4 Å². The lowest BCUT2D eigenvalue weighted by molar-refractivity contribution is 0.0934. The van der Waals surface area contributed by atoms with E-state index in [0.29, 0.717) is 17.2 Å². The summed E-state index contributed by atoms with van der Waals surface area (Å²) in [5, 5.41) is 17.7. The first kappa shape index (κ1) is 16.7. The fourth-order valence-electron chi connectivity index (χ4n) is 3.59. The van der Waals surface area contributed by atoms with Crippen LogP contribution in [0.4, 0.5) is 5.00 Å². The second kappa shape index (κ2) is 6.21. The van der Waals surface area contributed by atoms with Crippen molar-refractivity contribution in [3.8, 4) is 11.5 Å². The molecular weight excluding hydrogens is 404 g/mol. The molecule has 7 heteroatoms. The third-order valence-electron chi connectivity index (χ3n) is 4.89. The molecule has 1 aliphatic carbocycles. The number of ether oxygens (including phenoxy) is 1. The molecule has 1 aromatic carbocycles. The molecule has 2 aromatic rings. The Morgan fingerprint density at radius 3 is 2.92 bits per heavy atom. The molecule has 0 saturated carbocycles. The first-order valence-electron chi connectivity index (χ1n) is 8.26. The lowest BCUT2D eigenvalue weighted by atomic mass is 9.88. The van der Waals surface area contributed by atoms with Crippen LogP contribution in [0.2, 0.25) is 0 Å². The quantitative estimate of drug-likeness (QED) is 0.677. The molecule has 132 valence electrons. The van der Waals surface area contributed by atoms with Crippen LogP contribution in [0.3, 0.4) is 0 Å². The summed E-state index contributed by atoms with van der Waals surface area (Å²) >= 11 is 5.09. The molecule has 2 atom stereocenters. The first-order valence-corrected chi connectivity index (χ1v) is 9.87. The molecule has 0 fully saturated rings. The number of hydrogen-bond acceptors (Lipinski definition) is 5. The van der Waals surface area contributed by atoms with Gasteiger partial charge in [-0.05, 0) is 42.9 Å².